The molecule has 1 spiro atoms. The van der Waals surface area contributed by atoms with Crippen LogP contribution in [0.2, 0.25) is 5.02 Å². The number of carbonyl (C=O) groups excluding carboxylic acids is 3. The summed E-state index contributed by atoms with van der Waals surface area (Å²) in [6.45, 7) is 0. The molecule has 1 saturated heterocycles. The van der Waals surface area contributed by atoms with Crippen molar-refractivity contribution in [2.75, 3.05) is 19.1 Å². The first-order valence-electron chi connectivity index (χ1n) is 13.7. The lowest BCUT2D eigenvalue weighted by molar-refractivity contribution is 0.0664. The van der Waals surface area contributed by atoms with Gasteiger partial charge in [-0.1, -0.05) is 78.4 Å². The van der Waals surface area contributed by atoms with Crippen LogP contribution in [0.15, 0.2) is 97.1 Å². The molecule has 3 atom stereocenters. The molecule has 208 valence electrons. The molecular weight excluding hydrogens is 550 g/mol. The second kappa shape index (κ2) is 9.71. The molecule has 7 rings (SSSR count). The van der Waals surface area contributed by atoms with Crippen LogP contribution in [0.4, 0.5) is 5.69 Å². The van der Waals surface area contributed by atoms with Crippen LogP contribution in [-0.2, 0) is 0 Å². The second-order valence-corrected chi connectivity index (χ2v) is 11.2. The van der Waals surface area contributed by atoms with Crippen LogP contribution in [0.1, 0.15) is 48.1 Å². The highest BCUT2D eigenvalue weighted by Gasteiger charge is 2.72. The summed E-state index contributed by atoms with van der Waals surface area (Å²) in [6.07, 6.45) is 3.84. The van der Waals surface area contributed by atoms with Gasteiger partial charge in [0.1, 0.15) is 11.5 Å². The zero-order valence-corrected chi connectivity index (χ0v) is 23.7. The van der Waals surface area contributed by atoms with E-state index < -0.39 is 23.4 Å². The Balaban J connectivity index is 1.58. The molecule has 3 aliphatic rings. The Bertz CT molecular complexity index is 1780. The molecule has 42 heavy (non-hydrogen) atoms. The third kappa shape index (κ3) is 3.42. The normalized spacial score (nSPS) is 21.2. The van der Waals surface area contributed by atoms with Crippen molar-refractivity contribution in [1.29, 1.82) is 0 Å². The standard InChI is InChI=1S/C35H26ClNO5/c1-41-27-13-7-11-25(32(27)42-2)29-30(31(38)21-14-17-22(36)18-15-21)37-26-12-6-3-8-20(26)16-19-28(37)35(29)33(39)23-9-4-5-10-24(23)34(35)40/h3-19,28-30H,1-2H3. The van der Waals surface area contributed by atoms with Crippen LogP contribution < -0.4 is 14.4 Å². The first kappa shape index (κ1) is 26.2. The lowest BCUT2D eigenvalue weighted by atomic mass is 9.64. The lowest BCUT2D eigenvalue weighted by Gasteiger charge is -2.37. The van der Waals surface area contributed by atoms with Crippen LogP contribution in [0, 0.1) is 5.41 Å². The van der Waals surface area contributed by atoms with Crippen LogP contribution >= 0.6 is 11.6 Å². The number of carbonyl (C=O) groups is 3. The van der Waals surface area contributed by atoms with Crippen LogP contribution in [0.3, 0.4) is 0 Å². The molecule has 0 amide bonds. The second-order valence-electron chi connectivity index (χ2n) is 10.7. The summed E-state index contributed by atoms with van der Waals surface area (Å²) < 4.78 is 11.5. The number of para-hydroxylation sites is 2. The quantitative estimate of drug-likeness (QED) is 0.195. The van der Waals surface area contributed by atoms with E-state index in [-0.39, 0.29) is 17.3 Å². The first-order chi connectivity index (χ1) is 20.4. The Kier molecular flexibility index (Phi) is 6.06. The average molecular weight is 576 g/mol. The van der Waals surface area contributed by atoms with Crippen molar-refractivity contribution in [2.45, 2.75) is 18.0 Å². The minimum Gasteiger partial charge on any atom is -0.493 e. The molecule has 6 nitrogen and oxygen atoms in total. The summed E-state index contributed by atoms with van der Waals surface area (Å²) in [7, 11) is 3.06. The fourth-order valence-electron chi connectivity index (χ4n) is 7.20. The van der Waals surface area contributed by atoms with Crippen molar-refractivity contribution in [2.24, 2.45) is 5.41 Å². The molecule has 2 heterocycles. The smallest absolute Gasteiger partial charge is 0.185 e. The van der Waals surface area contributed by atoms with E-state index in [2.05, 4.69) is 0 Å². The minimum atomic E-state index is -1.64. The average Bonchev–Trinajstić information content (AvgIpc) is 3.46. The molecule has 0 radical (unpaired) electrons. The van der Waals surface area contributed by atoms with E-state index in [1.165, 1.54) is 14.2 Å². The molecule has 3 unspecified atom stereocenters. The summed E-state index contributed by atoms with van der Waals surface area (Å²) in [5, 5.41) is 0.501. The van der Waals surface area contributed by atoms with Crippen molar-refractivity contribution in [3.05, 3.63) is 130 Å². The van der Waals surface area contributed by atoms with E-state index >= 15 is 0 Å². The Hall–Kier alpha value is -4.68. The lowest BCUT2D eigenvalue weighted by Crippen LogP contribution is -2.48. The zero-order valence-electron chi connectivity index (χ0n) is 22.9. The number of anilines is 1. The topological polar surface area (TPSA) is 72.9 Å². The first-order valence-corrected chi connectivity index (χ1v) is 14.1. The number of hydrogen-bond donors (Lipinski definition) is 0. The van der Waals surface area contributed by atoms with Crippen molar-refractivity contribution < 1.29 is 23.9 Å². The molecule has 0 saturated carbocycles. The molecule has 1 fully saturated rings. The third-order valence-corrected chi connectivity index (χ3v) is 9.13. The van der Waals surface area contributed by atoms with Gasteiger partial charge >= 0.3 is 0 Å². The fourth-order valence-corrected chi connectivity index (χ4v) is 7.33. The van der Waals surface area contributed by atoms with E-state index in [4.69, 9.17) is 21.1 Å². The number of Topliss-reactive ketones (excluding diaryl/α,β-unsaturated/α-hetero) is 3. The van der Waals surface area contributed by atoms with Gasteiger partial charge in [0.15, 0.2) is 28.8 Å². The summed E-state index contributed by atoms with van der Waals surface area (Å²) in [5.74, 6) is -0.929. The fraction of sp³-hybridized carbons (Fsp3) is 0.171. The highest BCUT2D eigenvalue weighted by atomic mass is 35.5. The number of hydrogen-bond acceptors (Lipinski definition) is 6. The number of fused-ring (bicyclic) bond motifs is 5. The molecule has 0 bridgehead atoms. The van der Waals surface area contributed by atoms with Gasteiger partial charge in [-0.25, -0.2) is 0 Å². The molecule has 0 N–H and O–H groups in total. The predicted octanol–water partition coefficient (Wildman–Crippen LogP) is 6.67. The number of rotatable bonds is 5. The summed E-state index contributed by atoms with van der Waals surface area (Å²) in [5.41, 5.74) is 1.74. The molecule has 7 heteroatoms. The van der Waals surface area contributed by atoms with Crippen molar-refractivity contribution in [3.8, 4) is 11.5 Å². The van der Waals surface area contributed by atoms with E-state index in [0.717, 1.165) is 11.3 Å². The van der Waals surface area contributed by atoms with E-state index in [9.17, 15) is 14.4 Å². The van der Waals surface area contributed by atoms with Gasteiger partial charge in [0.2, 0.25) is 0 Å². The molecule has 1 aliphatic carbocycles. The summed E-state index contributed by atoms with van der Waals surface area (Å²) in [6, 6.07) is 25.1. The largest absolute Gasteiger partial charge is 0.493 e. The van der Waals surface area contributed by atoms with Gasteiger partial charge in [-0.2, -0.15) is 0 Å². The molecule has 0 aromatic heterocycles. The Morgan fingerprint density at radius 1 is 0.810 bits per heavy atom. The van der Waals surface area contributed by atoms with Gasteiger partial charge in [0, 0.05) is 38.9 Å². The molecule has 4 aromatic rings. The SMILES string of the molecule is COc1cccc(C2C(C(=O)c3ccc(Cl)cc3)N3c4ccccc4C=CC3C23C(=O)c2ccccc2C3=O)c1OC. The number of methoxy groups -OCH3 is 2. The summed E-state index contributed by atoms with van der Waals surface area (Å²) >= 11 is 6.19. The van der Waals surface area contributed by atoms with Gasteiger partial charge in [-0.15, -0.1) is 0 Å². The van der Waals surface area contributed by atoms with Crippen molar-refractivity contribution in [1.82, 2.24) is 0 Å². The maximum Gasteiger partial charge on any atom is 0.185 e. The molecular formula is C35H26ClNO5. The Labute approximate surface area is 248 Å². The van der Waals surface area contributed by atoms with Crippen LogP contribution in [0.5, 0.6) is 11.5 Å². The summed E-state index contributed by atoms with van der Waals surface area (Å²) in [4.78, 5) is 46.4. The van der Waals surface area contributed by atoms with E-state index in [0.29, 0.717) is 38.8 Å². The number of nitrogens with zero attached hydrogens (tertiary/aromatic N) is 1. The van der Waals surface area contributed by atoms with Gasteiger partial charge < -0.3 is 14.4 Å². The number of ether oxygens (including phenoxy) is 2. The zero-order chi connectivity index (χ0) is 29.2. The number of benzene rings is 4. The van der Waals surface area contributed by atoms with Gasteiger partial charge in [0.25, 0.3) is 0 Å². The van der Waals surface area contributed by atoms with Gasteiger partial charge in [-0.3, -0.25) is 14.4 Å². The maximum atomic E-state index is 14.8. The third-order valence-electron chi connectivity index (χ3n) is 8.88. The monoisotopic (exact) mass is 575 g/mol. The maximum absolute atomic E-state index is 14.8. The predicted molar refractivity (Wildman–Crippen MR) is 161 cm³/mol. The van der Waals surface area contributed by atoms with Crippen LogP contribution in [-0.4, -0.2) is 43.7 Å². The van der Waals surface area contributed by atoms with Crippen molar-refractivity contribution >= 4 is 40.7 Å². The van der Waals surface area contributed by atoms with E-state index in [1.54, 1.807) is 60.7 Å². The Morgan fingerprint density at radius 2 is 1.48 bits per heavy atom. The highest BCUT2D eigenvalue weighted by Crippen LogP contribution is 2.62. The molecule has 4 aromatic carbocycles. The highest BCUT2D eigenvalue weighted by molar-refractivity contribution is 6.32. The Morgan fingerprint density at radius 3 is 2.14 bits per heavy atom. The number of ketones is 3. The van der Waals surface area contributed by atoms with Crippen molar-refractivity contribution in [3.63, 3.8) is 0 Å². The number of halogens is 1. The van der Waals surface area contributed by atoms with Crippen LogP contribution in [0.25, 0.3) is 6.08 Å². The van der Waals surface area contributed by atoms with Gasteiger partial charge in [-0.05, 0) is 42.0 Å². The van der Waals surface area contributed by atoms with E-state index in [1.807, 2.05) is 47.4 Å². The van der Waals surface area contributed by atoms with Gasteiger partial charge in [0.05, 0.1) is 20.3 Å². The molecule has 2 aliphatic heterocycles. The minimum absolute atomic E-state index is 0.231.